The SMILES string of the molecule is COC(=O)CC=Cc1nccc(C(=O)O)c1F. The van der Waals surface area contributed by atoms with Gasteiger partial charge in [0.05, 0.1) is 24.8 Å². The third kappa shape index (κ3) is 3.37. The number of ether oxygens (including phenoxy) is 1. The number of hydrogen-bond acceptors (Lipinski definition) is 4. The minimum Gasteiger partial charge on any atom is -0.478 e. The second kappa shape index (κ2) is 5.74. The van der Waals surface area contributed by atoms with Gasteiger partial charge in [-0.05, 0) is 12.1 Å². The summed E-state index contributed by atoms with van der Waals surface area (Å²) in [7, 11) is 1.24. The van der Waals surface area contributed by atoms with Gasteiger partial charge in [-0.25, -0.2) is 9.18 Å². The number of rotatable bonds is 4. The van der Waals surface area contributed by atoms with Crippen LogP contribution in [0.15, 0.2) is 18.3 Å². The third-order valence-corrected chi connectivity index (χ3v) is 1.93. The zero-order chi connectivity index (χ0) is 12.8. The maximum absolute atomic E-state index is 13.5. The Labute approximate surface area is 96.5 Å². The lowest BCUT2D eigenvalue weighted by atomic mass is 10.2. The molecule has 0 aliphatic rings. The fraction of sp³-hybridized carbons (Fsp3) is 0.182. The van der Waals surface area contributed by atoms with E-state index in [4.69, 9.17) is 5.11 Å². The lowest BCUT2D eigenvalue weighted by molar-refractivity contribution is -0.139. The van der Waals surface area contributed by atoms with Crippen LogP contribution in [0.25, 0.3) is 6.08 Å². The van der Waals surface area contributed by atoms with Crippen molar-refractivity contribution in [1.29, 1.82) is 0 Å². The van der Waals surface area contributed by atoms with Gasteiger partial charge in [0.2, 0.25) is 0 Å². The van der Waals surface area contributed by atoms with Crippen LogP contribution < -0.4 is 0 Å². The number of aromatic nitrogens is 1. The molecule has 1 N–H and O–H groups in total. The van der Waals surface area contributed by atoms with E-state index in [9.17, 15) is 14.0 Å². The van der Waals surface area contributed by atoms with Crippen molar-refractivity contribution in [2.45, 2.75) is 6.42 Å². The molecule has 6 heteroatoms. The van der Waals surface area contributed by atoms with Gasteiger partial charge in [0.15, 0.2) is 5.82 Å². The summed E-state index contributed by atoms with van der Waals surface area (Å²) >= 11 is 0. The molecule has 1 rings (SSSR count). The van der Waals surface area contributed by atoms with E-state index in [1.165, 1.54) is 25.5 Å². The predicted octanol–water partition coefficient (Wildman–Crippen LogP) is 1.50. The van der Waals surface area contributed by atoms with Crippen molar-refractivity contribution >= 4 is 18.0 Å². The predicted molar refractivity (Wildman–Crippen MR) is 56.8 cm³/mol. The second-order valence-corrected chi connectivity index (χ2v) is 3.05. The van der Waals surface area contributed by atoms with Crippen molar-refractivity contribution in [1.82, 2.24) is 4.98 Å². The Hall–Kier alpha value is -2.24. The van der Waals surface area contributed by atoms with E-state index in [-0.39, 0.29) is 12.1 Å². The first-order valence-corrected chi connectivity index (χ1v) is 4.67. The standard InChI is InChI=1S/C11H10FNO4/c1-17-9(14)4-2-3-8-10(12)7(11(15)16)5-6-13-8/h2-3,5-6H,4H2,1H3,(H,15,16). The van der Waals surface area contributed by atoms with E-state index in [0.717, 1.165) is 6.07 Å². The number of nitrogens with zero attached hydrogens (tertiary/aromatic N) is 1. The third-order valence-electron chi connectivity index (χ3n) is 1.93. The van der Waals surface area contributed by atoms with Crippen LogP contribution in [0.5, 0.6) is 0 Å². The van der Waals surface area contributed by atoms with Crippen molar-refractivity contribution in [2.75, 3.05) is 7.11 Å². The Morgan fingerprint density at radius 1 is 1.59 bits per heavy atom. The highest BCUT2D eigenvalue weighted by Crippen LogP contribution is 2.12. The molecule has 0 spiro atoms. The van der Waals surface area contributed by atoms with Crippen LogP contribution in [0.4, 0.5) is 4.39 Å². The summed E-state index contributed by atoms with van der Waals surface area (Å²) in [4.78, 5) is 25.1. The van der Waals surface area contributed by atoms with E-state index in [0.29, 0.717) is 0 Å². The van der Waals surface area contributed by atoms with Crippen molar-refractivity contribution < 1.29 is 23.8 Å². The molecule has 0 atom stereocenters. The maximum Gasteiger partial charge on any atom is 0.338 e. The Kier molecular flexibility index (Phi) is 4.33. The highest BCUT2D eigenvalue weighted by molar-refractivity contribution is 5.88. The van der Waals surface area contributed by atoms with Crippen molar-refractivity contribution in [3.63, 3.8) is 0 Å². The maximum atomic E-state index is 13.5. The molecule has 0 bridgehead atoms. The molecule has 1 heterocycles. The van der Waals surface area contributed by atoms with Gasteiger partial charge in [-0.15, -0.1) is 0 Å². The van der Waals surface area contributed by atoms with Crippen molar-refractivity contribution in [3.05, 3.63) is 35.4 Å². The Morgan fingerprint density at radius 2 is 2.29 bits per heavy atom. The second-order valence-electron chi connectivity index (χ2n) is 3.05. The number of aromatic carboxylic acids is 1. The number of methoxy groups -OCH3 is 1. The largest absolute Gasteiger partial charge is 0.478 e. The summed E-state index contributed by atoms with van der Waals surface area (Å²) in [5, 5.41) is 8.68. The molecule has 0 aliphatic heterocycles. The molecule has 17 heavy (non-hydrogen) atoms. The molecular formula is C11H10FNO4. The fourth-order valence-electron chi connectivity index (χ4n) is 1.09. The number of carbonyl (C=O) groups excluding carboxylic acids is 1. The monoisotopic (exact) mass is 239 g/mol. The highest BCUT2D eigenvalue weighted by atomic mass is 19.1. The molecule has 0 aliphatic carbocycles. The lowest BCUT2D eigenvalue weighted by Gasteiger charge is -1.99. The molecule has 5 nitrogen and oxygen atoms in total. The Morgan fingerprint density at radius 3 is 2.88 bits per heavy atom. The van der Waals surface area contributed by atoms with Gasteiger partial charge in [0.25, 0.3) is 0 Å². The average molecular weight is 239 g/mol. The van der Waals surface area contributed by atoms with Gasteiger partial charge < -0.3 is 9.84 Å². The quantitative estimate of drug-likeness (QED) is 0.805. The number of carbonyl (C=O) groups is 2. The molecule has 0 unspecified atom stereocenters. The van der Waals surface area contributed by atoms with Crippen LogP contribution in [-0.2, 0) is 9.53 Å². The van der Waals surface area contributed by atoms with E-state index in [2.05, 4.69) is 9.72 Å². The topological polar surface area (TPSA) is 76.5 Å². The van der Waals surface area contributed by atoms with Crippen LogP contribution >= 0.6 is 0 Å². The number of esters is 1. The van der Waals surface area contributed by atoms with E-state index in [1.54, 1.807) is 0 Å². The average Bonchev–Trinajstić information content (AvgIpc) is 2.30. The molecule has 1 aromatic rings. The van der Waals surface area contributed by atoms with Gasteiger partial charge in [-0.2, -0.15) is 0 Å². The van der Waals surface area contributed by atoms with Crippen molar-refractivity contribution in [2.24, 2.45) is 0 Å². The molecular weight excluding hydrogens is 229 g/mol. The first-order valence-electron chi connectivity index (χ1n) is 4.67. The molecule has 0 fully saturated rings. The van der Waals surface area contributed by atoms with Crippen LogP contribution in [0.3, 0.4) is 0 Å². The van der Waals surface area contributed by atoms with Crippen LogP contribution in [0.2, 0.25) is 0 Å². The minimum atomic E-state index is -1.37. The molecule has 0 saturated carbocycles. The molecule has 0 amide bonds. The van der Waals surface area contributed by atoms with Crippen molar-refractivity contribution in [3.8, 4) is 0 Å². The molecule has 90 valence electrons. The number of pyridine rings is 1. The smallest absolute Gasteiger partial charge is 0.338 e. The summed E-state index contributed by atoms with van der Waals surface area (Å²) in [5.74, 6) is -2.77. The Balaban J connectivity index is 2.89. The first kappa shape index (κ1) is 12.8. The first-order chi connectivity index (χ1) is 8.06. The zero-order valence-corrected chi connectivity index (χ0v) is 9.01. The minimum absolute atomic E-state index is 0.0328. The highest BCUT2D eigenvalue weighted by Gasteiger charge is 2.13. The summed E-state index contributed by atoms with van der Waals surface area (Å²) < 4.78 is 17.9. The summed E-state index contributed by atoms with van der Waals surface area (Å²) in [5.41, 5.74) is -0.591. The summed E-state index contributed by atoms with van der Waals surface area (Å²) in [6.45, 7) is 0. The zero-order valence-electron chi connectivity index (χ0n) is 9.01. The lowest BCUT2D eigenvalue weighted by Crippen LogP contribution is -2.03. The van der Waals surface area contributed by atoms with Crippen LogP contribution in [0, 0.1) is 5.82 Å². The van der Waals surface area contributed by atoms with Gasteiger partial charge in [-0.3, -0.25) is 9.78 Å². The van der Waals surface area contributed by atoms with Crippen LogP contribution in [0.1, 0.15) is 22.5 Å². The van der Waals surface area contributed by atoms with Gasteiger partial charge in [0.1, 0.15) is 0 Å². The number of hydrogen-bond donors (Lipinski definition) is 1. The summed E-state index contributed by atoms with van der Waals surface area (Å²) in [6, 6.07) is 1.06. The van der Waals surface area contributed by atoms with E-state index < -0.39 is 23.3 Å². The van der Waals surface area contributed by atoms with Gasteiger partial charge in [-0.1, -0.05) is 6.08 Å². The molecule has 1 aromatic heterocycles. The normalized spacial score (nSPS) is 10.5. The molecule has 0 saturated heterocycles. The van der Waals surface area contributed by atoms with E-state index >= 15 is 0 Å². The summed E-state index contributed by atoms with van der Waals surface area (Å²) in [6.07, 6.45) is 3.74. The molecule has 0 aromatic carbocycles. The fourth-order valence-corrected chi connectivity index (χ4v) is 1.09. The number of halogens is 1. The Bertz CT molecular complexity index is 471. The van der Waals surface area contributed by atoms with Gasteiger partial charge >= 0.3 is 11.9 Å². The number of carboxylic acids is 1. The molecule has 0 radical (unpaired) electrons. The van der Waals surface area contributed by atoms with E-state index in [1.807, 2.05) is 0 Å². The number of carboxylic acid groups (broad SMARTS) is 1. The van der Waals surface area contributed by atoms with Crippen LogP contribution in [-0.4, -0.2) is 29.1 Å². The van der Waals surface area contributed by atoms with Gasteiger partial charge in [0, 0.05) is 6.20 Å².